The van der Waals surface area contributed by atoms with Gasteiger partial charge in [-0.05, 0) is 56.9 Å². The highest BCUT2D eigenvalue weighted by Gasteiger charge is 2.32. The Morgan fingerprint density at radius 3 is 2.31 bits per heavy atom. The topological polar surface area (TPSA) is 140 Å². The first-order valence-corrected chi connectivity index (χ1v) is 13.9. The second-order valence-corrected chi connectivity index (χ2v) is 12.0. The van der Waals surface area contributed by atoms with Gasteiger partial charge < -0.3 is 19.4 Å². The van der Waals surface area contributed by atoms with Gasteiger partial charge in [-0.2, -0.15) is 4.31 Å². The normalized spacial score (nSPS) is 16.4. The Morgan fingerprint density at radius 2 is 1.78 bits per heavy atom. The number of allylic oxidation sites excluding steroid dienone is 2. The molecular formula is C25H34O9P2. The minimum atomic E-state index is -5.16. The van der Waals surface area contributed by atoms with E-state index < -0.39 is 21.2 Å². The molecule has 0 spiro atoms. The van der Waals surface area contributed by atoms with Crippen LogP contribution in [0.25, 0.3) is 0 Å². The molecule has 1 aromatic rings. The fraction of sp³-hybridized carbons (Fsp3) is 0.400. The molecule has 0 aromatic heterocycles. The Bertz CT molecular complexity index is 1150. The molecule has 11 heteroatoms. The molecule has 0 bridgehead atoms. The molecule has 9 nitrogen and oxygen atoms in total. The van der Waals surface area contributed by atoms with Gasteiger partial charge in [0.2, 0.25) is 0 Å². The molecule has 2 unspecified atom stereocenters. The Hall–Kier alpha value is -2.27. The van der Waals surface area contributed by atoms with Gasteiger partial charge in [-0.3, -0.25) is 9.32 Å². The predicted molar refractivity (Wildman–Crippen MR) is 138 cm³/mol. The second-order valence-electron chi connectivity index (χ2n) is 9.21. The Morgan fingerprint density at radius 1 is 1.14 bits per heavy atom. The second kappa shape index (κ2) is 12.8. The maximum Gasteiger partial charge on any atom is 0.481 e. The Kier molecular flexibility index (Phi) is 11.3. The van der Waals surface area contributed by atoms with Crippen LogP contribution in [0.2, 0.25) is 0 Å². The predicted octanol–water partition coefficient (Wildman–Crippen LogP) is 5.73. The molecule has 198 valence electrons. The van der Waals surface area contributed by atoms with Gasteiger partial charge in [-0.1, -0.05) is 49.6 Å². The van der Waals surface area contributed by atoms with Crippen LogP contribution in [-0.2, 0) is 18.0 Å². The number of phosphoric ester groups is 1. The van der Waals surface area contributed by atoms with E-state index in [9.17, 15) is 18.8 Å². The van der Waals surface area contributed by atoms with E-state index in [0.29, 0.717) is 36.0 Å². The quantitative estimate of drug-likeness (QED) is 0.117. The smallest absolute Gasteiger partial charge is 0.481 e. The van der Waals surface area contributed by atoms with Crippen molar-refractivity contribution in [3.05, 3.63) is 65.3 Å². The van der Waals surface area contributed by atoms with Gasteiger partial charge >= 0.3 is 15.6 Å². The summed E-state index contributed by atoms with van der Waals surface area (Å²) in [7, 11) is -10.1. The molecule has 0 aliphatic carbocycles. The number of hydrogen-bond acceptors (Lipinski definition) is 6. The van der Waals surface area contributed by atoms with Crippen molar-refractivity contribution < 1.29 is 42.2 Å². The van der Waals surface area contributed by atoms with E-state index in [0.717, 1.165) is 11.1 Å². The van der Waals surface area contributed by atoms with Gasteiger partial charge in [-0.25, -0.2) is 9.13 Å². The number of carbonyl (C=O) groups is 1. The van der Waals surface area contributed by atoms with Crippen LogP contribution >= 0.6 is 15.6 Å². The number of terminal acetylenes is 1. The fourth-order valence-corrected chi connectivity index (χ4v) is 4.69. The van der Waals surface area contributed by atoms with Crippen LogP contribution in [0.4, 0.5) is 0 Å². The number of phosphoric acid groups is 2. The highest BCUT2D eigenvalue weighted by Crippen LogP contribution is 2.57. The van der Waals surface area contributed by atoms with Gasteiger partial charge in [0.15, 0.2) is 0 Å². The first-order chi connectivity index (χ1) is 16.4. The number of hydrogen-bond donors (Lipinski definition) is 3. The number of carbonyl (C=O) groups excluding carboxylic acids is 1. The van der Waals surface area contributed by atoms with Crippen molar-refractivity contribution >= 4 is 21.9 Å². The summed E-state index contributed by atoms with van der Waals surface area (Å²) in [6, 6.07) is 4.90. The molecule has 0 radical (unpaired) electrons. The highest BCUT2D eigenvalue weighted by molar-refractivity contribution is 7.60. The van der Waals surface area contributed by atoms with E-state index in [1.807, 2.05) is 40.7 Å². The summed E-state index contributed by atoms with van der Waals surface area (Å²) >= 11 is 0. The van der Waals surface area contributed by atoms with Gasteiger partial charge in [0.1, 0.15) is 17.6 Å². The average molecular weight is 540 g/mol. The number of rotatable bonds is 14. The third-order valence-electron chi connectivity index (χ3n) is 5.51. The minimum Gasteiger partial charge on any atom is -0.483 e. The lowest BCUT2D eigenvalue weighted by Gasteiger charge is -2.29. The molecule has 0 amide bonds. The van der Waals surface area contributed by atoms with Crippen LogP contribution in [0.15, 0.2) is 54.2 Å². The zero-order valence-corrected chi connectivity index (χ0v) is 22.9. The third kappa shape index (κ3) is 11.2. The highest BCUT2D eigenvalue weighted by atomic mass is 31.3. The lowest BCUT2D eigenvalue weighted by atomic mass is 9.80. The van der Waals surface area contributed by atoms with Crippen LogP contribution in [0.5, 0.6) is 5.75 Å². The fourth-order valence-electron chi connectivity index (χ4n) is 3.16. The van der Waals surface area contributed by atoms with E-state index in [1.54, 1.807) is 30.4 Å². The monoisotopic (exact) mass is 540 g/mol. The van der Waals surface area contributed by atoms with Crippen LogP contribution < -0.4 is 4.74 Å². The van der Waals surface area contributed by atoms with Crippen molar-refractivity contribution in [1.29, 1.82) is 0 Å². The summed E-state index contributed by atoms with van der Waals surface area (Å²) in [6.07, 6.45) is 12.6. The molecule has 0 aliphatic rings. The first kappa shape index (κ1) is 31.8. The van der Waals surface area contributed by atoms with Gasteiger partial charge in [0.25, 0.3) is 0 Å². The molecule has 1 rings (SSSR count). The molecule has 36 heavy (non-hydrogen) atoms. The van der Waals surface area contributed by atoms with Crippen LogP contribution in [0.3, 0.4) is 0 Å². The largest absolute Gasteiger partial charge is 0.483 e. The van der Waals surface area contributed by atoms with Gasteiger partial charge in [0, 0.05) is 17.5 Å². The molecule has 0 heterocycles. The molecule has 0 aliphatic heterocycles. The summed E-state index contributed by atoms with van der Waals surface area (Å²) in [5, 5.41) is 0. The van der Waals surface area contributed by atoms with Crippen molar-refractivity contribution in [1.82, 2.24) is 0 Å². The minimum absolute atomic E-state index is 0.362. The molecule has 2 atom stereocenters. The van der Waals surface area contributed by atoms with E-state index in [2.05, 4.69) is 21.3 Å². The Labute approximate surface area is 212 Å². The lowest BCUT2D eigenvalue weighted by molar-refractivity contribution is 0.111. The van der Waals surface area contributed by atoms with Gasteiger partial charge in [-0.15, -0.1) is 6.42 Å². The van der Waals surface area contributed by atoms with E-state index in [1.165, 1.54) is 0 Å². The van der Waals surface area contributed by atoms with E-state index in [4.69, 9.17) is 20.9 Å². The molecule has 1 aromatic carbocycles. The number of aldehydes is 1. The maximum atomic E-state index is 11.6. The summed E-state index contributed by atoms with van der Waals surface area (Å²) in [4.78, 5) is 37.9. The van der Waals surface area contributed by atoms with Gasteiger partial charge in [0.05, 0.1) is 6.61 Å². The standard InChI is InChI=1S/C25H34O9P2/c1-8-21-14-22(18-26)16-23(15-21)33-25(7,9-2)17-19(3)10-12-24(5,6)20(4)11-13-32-36(30,31)34-35(27,28)29/h1,9-11,14-16,18H,2,12-13,17H2,3-7H3,(H,30,31)(H2,27,28,29)/b19-10+,20-11+. The van der Waals surface area contributed by atoms with Crippen molar-refractivity contribution in [3.63, 3.8) is 0 Å². The van der Waals surface area contributed by atoms with E-state index in [-0.39, 0.29) is 12.0 Å². The third-order valence-corrected chi connectivity index (χ3v) is 7.66. The van der Waals surface area contributed by atoms with Crippen molar-refractivity contribution in [2.45, 2.75) is 53.1 Å². The lowest BCUT2D eigenvalue weighted by Crippen LogP contribution is -2.30. The first-order valence-electron chi connectivity index (χ1n) is 10.9. The van der Waals surface area contributed by atoms with Crippen LogP contribution in [0.1, 0.15) is 63.4 Å². The molecule has 0 saturated carbocycles. The average Bonchev–Trinajstić information content (AvgIpc) is 2.75. The summed E-state index contributed by atoms with van der Waals surface area (Å²) in [5.41, 5.74) is 1.67. The summed E-state index contributed by atoms with van der Waals surface area (Å²) < 4.78 is 36.8. The van der Waals surface area contributed by atoms with Crippen molar-refractivity contribution in [2.24, 2.45) is 5.41 Å². The summed E-state index contributed by atoms with van der Waals surface area (Å²) in [5.74, 6) is 2.97. The zero-order chi connectivity index (χ0) is 27.8. The van der Waals surface area contributed by atoms with Crippen molar-refractivity contribution in [3.8, 4) is 18.1 Å². The zero-order valence-electron chi connectivity index (χ0n) is 21.1. The molecule has 0 saturated heterocycles. The van der Waals surface area contributed by atoms with Crippen LogP contribution in [0, 0.1) is 17.8 Å². The molecular weight excluding hydrogens is 506 g/mol. The molecule has 3 N–H and O–H groups in total. The number of benzene rings is 1. The summed E-state index contributed by atoms with van der Waals surface area (Å²) in [6.45, 7) is 13.1. The SMILES string of the molecule is C#Cc1cc(C=O)cc(OC(C)(C=C)C/C(C)=C/CC(C)(C)/C(C)=C/COP(=O)(O)OP(=O)(O)O)c1. The van der Waals surface area contributed by atoms with Crippen molar-refractivity contribution in [2.75, 3.05) is 6.61 Å². The number of ether oxygens (including phenoxy) is 1. The van der Waals surface area contributed by atoms with Crippen LogP contribution in [-0.4, -0.2) is 33.2 Å². The Balaban J connectivity index is 2.88. The molecule has 0 fully saturated rings. The van der Waals surface area contributed by atoms with E-state index >= 15 is 0 Å². The maximum absolute atomic E-state index is 11.6.